The molecule has 2 N–H and O–H groups in total. The molecule has 6 nitrogen and oxygen atoms in total. The van der Waals surface area contributed by atoms with Crippen LogP contribution in [0.25, 0.3) is 0 Å². The predicted molar refractivity (Wildman–Crippen MR) is 124 cm³/mol. The van der Waals surface area contributed by atoms with Crippen LogP contribution in [-0.2, 0) is 4.79 Å². The number of nitrogens with one attached hydrogen (secondary N) is 2. The number of rotatable bonds is 6. The van der Waals surface area contributed by atoms with E-state index in [-0.39, 0.29) is 35.3 Å². The van der Waals surface area contributed by atoms with Gasteiger partial charge in [0.1, 0.15) is 0 Å². The summed E-state index contributed by atoms with van der Waals surface area (Å²) in [4.78, 5) is 21.4. The zero-order chi connectivity index (χ0) is 19.2. The van der Waals surface area contributed by atoms with Gasteiger partial charge in [0, 0.05) is 46.3 Å². The van der Waals surface area contributed by atoms with E-state index in [1.54, 1.807) is 11.9 Å². The quantitative estimate of drug-likeness (QED) is 0.340. The van der Waals surface area contributed by atoms with Gasteiger partial charge in [0.05, 0.1) is 5.41 Å². The molecule has 158 valence electrons. The van der Waals surface area contributed by atoms with Crippen molar-refractivity contribution in [3.05, 3.63) is 0 Å². The minimum atomic E-state index is -0.270. The predicted octanol–water partition coefficient (Wildman–Crippen LogP) is 2.68. The van der Waals surface area contributed by atoms with E-state index >= 15 is 0 Å². The molecule has 1 amide bonds. The van der Waals surface area contributed by atoms with Gasteiger partial charge in [-0.1, -0.05) is 19.3 Å². The van der Waals surface area contributed by atoms with Crippen LogP contribution in [0.15, 0.2) is 4.99 Å². The smallest absolute Gasteiger partial charge is 0.230 e. The van der Waals surface area contributed by atoms with Gasteiger partial charge in [-0.25, -0.2) is 0 Å². The lowest BCUT2D eigenvalue weighted by Crippen LogP contribution is -2.52. The molecule has 0 aromatic carbocycles. The fraction of sp³-hybridized carbons (Fsp3) is 0.900. The highest BCUT2D eigenvalue weighted by Crippen LogP contribution is 2.38. The number of guanidine groups is 1. The molecule has 27 heavy (non-hydrogen) atoms. The lowest BCUT2D eigenvalue weighted by molar-refractivity contribution is -0.138. The van der Waals surface area contributed by atoms with Gasteiger partial charge >= 0.3 is 0 Å². The molecule has 0 bridgehead atoms. The van der Waals surface area contributed by atoms with E-state index in [9.17, 15) is 4.79 Å². The Bertz CT molecular complexity index is 491. The lowest BCUT2D eigenvalue weighted by Gasteiger charge is -2.38. The minimum absolute atomic E-state index is 0. The van der Waals surface area contributed by atoms with Crippen LogP contribution in [0.1, 0.15) is 58.8 Å². The molecule has 2 atom stereocenters. The first-order valence-corrected chi connectivity index (χ1v) is 10.3. The average molecular weight is 493 g/mol. The molecule has 7 heteroatoms. The van der Waals surface area contributed by atoms with Crippen molar-refractivity contribution in [1.82, 2.24) is 20.4 Å². The second-order valence-electron chi connectivity index (χ2n) is 8.43. The second-order valence-corrected chi connectivity index (χ2v) is 8.43. The van der Waals surface area contributed by atoms with Gasteiger partial charge in [0.2, 0.25) is 5.91 Å². The molecule has 2 aliphatic rings. The Morgan fingerprint density at radius 2 is 1.89 bits per heavy atom. The van der Waals surface area contributed by atoms with Crippen molar-refractivity contribution in [2.75, 3.05) is 40.8 Å². The van der Waals surface area contributed by atoms with E-state index in [1.807, 2.05) is 14.1 Å². The molecule has 1 aliphatic heterocycles. The maximum atomic E-state index is 12.7. The number of carbonyl (C=O) groups is 1. The lowest BCUT2D eigenvalue weighted by atomic mass is 9.84. The van der Waals surface area contributed by atoms with Gasteiger partial charge in [0.25, 0.3) is 0 Å². The van der Waals surface area contributed by atoms with Gasteiger partial charge in [-0.05, 0) is 46.1 Å². The number of piperidine rings is 1. The van der Waals surface area contributed by atoms with Crippen LogP contribution >= 0.6 is 24.0 Å². The van der Waals surface area contributed by atoms with Crippen LogP contribution in [0.4, 0.5) is 0 Å². The molecule has 1 saturated carbocycles. The molecule has 0 aromatic rings. The van der Waals surface area contributed by atoms with Crippen molar-refractivity contribution in [2.24, 2.45) is 10.4 Å². The number of carbonyl (C=O) groups excluding carboxylic acids is 1. The molecule has 0 aromatic heterocycles. The summed E-state index contributed by atoms with van der Waals surface area (Å²) < 4.78 is 0. The number of amides is 1. The molecular weight excluding hydrogens is 453 g/mol. The average Bonchev–Trinajstić information content (AvgIpc) is 3.11. The van der Waals surface area contributed by atoms with Crippen LogP contribution in [0.3, 0.4) is 0 Å². The first-order valence-electron chi connectivity index (χ1n) is 10.3. The van der Waals surface area contributed by atoms with Crippen LogP contribution in [0, 0.1) is 5.41 Å². The van der Waals surface area contributed by atoms with Gasteiger partial charge in [-0.2, -0.15) is 0 Å². The molecule has 2 fully saturated rings. The summed E-state index contributed by atoms with van der Waals surface area (Å²) in [5, 5.41) is 6.90. The molecular formula is C20H40IN5O. The summed E-state index contributed by atoms with van der Waals surface area (Å²) in [6, 6.07) is 1.14. The van der Waals surface area contributed by atoms with E-state index in [1.165, 1.54) is 25.8 Å². The summed E-state index contributed by atoms with van der Waals surface area (Å²) in [5.74, 6) is 1.05. The van der Waals surface area contributed by atoms with E-state index in [0.29, 0.717) is 18.6 Å². The van der Waals surface area contributed by atoms with E-state index in [0.717, 1.165) is 38.2 Å². The molecule has 0 spiro atoms. The largest absolute Gasteiger partial charge is 0.355 e. The van der Waals surface area contributed by atoms with Crippen molar-refractivity contribution in [1.29, 1.82) is 0 Å². The topological polar surface area (TPSA) is 60.0 Å². The summed E-state index contributed by atoms with van der Waals surface area (Å²) in [7, 11) is 5.52. The third kappa shape index (κ3) is 6.48. The molecule has 2 unspecified atom stereocenters. The summed E-state index contributed by atoms with van der Waals surface area (Å²) in [6.45, 7) is 7.35. The Labute approximate surface area is 182 Å². The number of hydrogen-bond acceptors (Lipinski definition) is 3. The van der Waals surface area contributed by atoms with Crippen molar-refractivity contribution in [2.45, 2.75) is 70.9 Å². The van der Waals surface area contributed by atoms with Gasteiger partial charge in [-0.15, -0.1) is 24.0 Å². The van der Waals surface area contributed by atoms with Crippen LogP contribution in [-0.4, -0.2) is 74.5 Å². The fourth-order valence-corrected chi connectivity index (χ4v) is 4.60. The molecule has 1 aliphatic carbocycles. The van der Waals surface area contributed by atoms with Crippen molar-refractivity contribution in [3.8, 4) is 0 Å². The van der Waals surface area contributed by atoms with Crippen molar-refractivity contribution >= 4 is 35.8 Å². The number of hydrogen-bond donors (Lipinski definition) is 2. The molecule has 1 heterocycles. The summed E-state index contributed by atoms with van der Waals surface area (Å²) in [6.07, 6.45) is 8.16. The normalized spacial score (nSPS) is 24.0. The van der Waals surface area contributed by atoms with Gasteiger partial charge < -0.3 is 15.5 Å². The Balaban J connectivity index is 0.00000364. The Morgan fingerprint density at radius 3 is 2.44 bits per heavy atom. The second kappa shape index (κ2) is 11.4. The SMILES string of the molecule is CN=C(NCC(C)N1CCCCC1C)NCC1(C(=O)N(C)C)CCCC1.I. The Hall–Kier alpha value is -0.570. The summed E-state index contributed by atoms with van der Waals surface area (Å²) >= 11 is 0. The molecule has 1 saturated heterocycles. The third-order valence-corrected chi connectivity index (χ3v) is 6.22. The third-order valence-electron chi connectivity index (χ3n) is 6.22. The minimum Gasteiger partial charge on any atom is -0.355 e. The van der Waals surface area contributed by atoms with Crippen molar-refractivity contribution < 1.29 is 4.79 Å². The van der Waals surface area contributed by atoms with Crippen LogP contribution in [0.2, 0.25) is 0 Å². The first-order chi connectivity index (χ1) is 12.4. The maximum Gasteiger partial charge on any atom is 0.230 e. The highest BCUT2D eigenvalue weighted by atomic mass is 127. The number of likely N-dealkylation sites (tertiary alicyclic amines) is 1. The number of halogens is 1. The molecule has 0 radical (unpaired) electrons. The van der Waals surface area contributed by atoms with Crippen molar-refractivity contribution in [3.63, 3.8) is 0 Å². The Kier molecular flexibility index (Phi) is 10.4. The highest BCUT2D eigenvalue weighted by molar-refractivity contribution is 14.0. The van der Waals surface area contributed by atoms with E-state index in [4.69, 9.17) is 0 Å². The number of nitrogens with zero attached hydrogens (tertiary/aromatic N) is 3. The maximum absolute atomic E-state index is 12.7. The number of aliphatic imine (C=N–C) groups is 1. The van der Waals surface area contributed by atoms with E-state index < -0.39 is 0 Å². The fourth-order valence-electron chi connectivity index (χ4n) is 4.60. The monoisotopic (exact) mass is 493 g/mol. The van der Waals surface area contributed by atoms with Gasteiger partial charge in [0.15, 0.2) is 5.96 Å². The van der Waals surface area contributed by atoms with E-state index in [2.05, 4.69) is 34.4 Å². The van der Waals surface area contributed by atoms with Crippen LogP contribution < -0.4 is 10.6 Å². The standard InChI is InChI=1S/C20H39N5O.HI/c1-16-10-6-9-13-25(16)17(2)14-22-19(21-3)23-15-20(11-7-8-12-20)18(26)24(4)5;/h16-17H,6-15H2,1-5H3,(H2,21,22,23);1H. The summed E-state index contributed by atoms with van der Waals surface area (Å²) in [5.41, 5.74) is -0.270. The molecule has 2 rings (SSSR count). The highest BCUT2D eigenvalue weighted by Gasteiger charge is 2.42. The first kappa shape index (κ1) is 24.5. The zero-order valence-electron chi connectivity index (χ0n) is 17.9. The zero-order valence-corrected chi connectivity index (χ0v) is 20.2. The Morgan fingerprint density at radius 1 is 1.22 bits per heavy atom. The van der Waals surface area contributed by atoms with Gasteiger partial charge in [-0.3, -0.25) is 14.7 Å². The van der Waals surface area contributed by atoms with Crippen LogP contribution in [0.5, 0.6) is 0 Å².